The third kappa shape index (κ3) is 8.40. The van der Waals surface area contributed by atoms with Crippen LogP contribution in [0.25, 0.3) is 0 Å². The van der Waals surface area contributed by atoms with Gasteiger partial charge in [-0.1, -0.05) is 73.3 Å². The molecule has 42 heavy (non-hydrogen) atoms. The molecule has 0 aliphatic carbocycles. The van der Waals surface area contributed by atoms with Gasteiger partial charge in [0.25, 0.3) is 10.0 Å². The highest BCUT2D eigenvalue weighted by Crippen LogP contribution is 2.33. The molecule has 2 amide bonds. The molecule has 0 spiro atoms. The van der Waals surface area contributed by atoms with Crippen molar-refractivity contribution in [3.63, 3.8) is 0 Å². The van der Waals surface area contributed by atoms with Crippen molar-refractivity contribution in [1.29, 1.82) is 0 Å². The number of ether oxygens (including phenoxy) is 1. The number of anilines is 1. The highest BCUT2D eigenvalue weighted by molar-refractivity contribution is 7.92. The zero-order chi connectivity index (χ0) is 30.9. The van der Waals surface area contributed by atoms with Gasteiger partial charge in [-0.3, -0.25) is 13.9 Å². The van der Waals surface area contributed by atoms with E-state index in [-0.39, 0.29) is 33.1 Å². The monoisotopic (exact) mass is 633 g/mol. The number of sulfonamides is 1. The minimum Gasteiger partial charge on any atom is -0.497 e. The zero-order valence-corrected chi connectivity index (χ0v) is 26.6. The van der Waals surface area contributed by atoms with Gasteiger partial charge in [0.1, 0.15) is 18.3 Å². The van der Waals surface area contributed by atoms with Gasteiger partial charge in [-0.15, -0.1) is 0 Å². The number of amides is 2. The first-order chi connectivity index (χ1) is 20.0. The fourth-order valence-electron chi connectivity index (χ4n) is 4.38. The van der Waals surface area contributed by atoms with Crippen LogP contribution in [0.3, 0.4) is 0 Å². The number of carbonyl (C=O) groups excluding carboxylic acids is 2. The molecule has 3 aromatic carbocycles. The molecule has 0 bridgehead atoms. The Labute approximate surface area is 258 Å². The Hall–Kier alpha value is -3.27. The predicted molar refractivity (Wildman–Crippen MR) is 168 cm³/mol. The zero-order valence-electron chi connectivity index (χ0n) is 24.3. The molecule has 1 atom stereocenters. The van der Waals surface area contributed by atoms with E-state index in [4.69, 9.17) is 27.9 Å². The molecule has 0 aliphatic rings. The number of halogens is 2. The number of benzene rings is 3. The summed E-state index contributed by atoms with van der Waals surface area (Å²) in [5, 5.41) is 3.27. The summed E-state index contributed by atoms with van der Waals surface area (Å²) in [5.41, 5.74) is 1.68. The molecule has 3 aromatic rings. The number of unbranched alkanes of at least 4 members (excludes halogenated alkanes) is 1. The smallest absolute Gasteiger partial charge is 0.264 e. The SMILES string of the molecule is CCCCNC(=O)[C@@H](CC)N(Cc1ccc(OC)cc1)C(=O)CN(c1cc(Cl)ccc1Cl)S(=O)(=O)c1ccc(C)cc1. The van der Waals surface area contributed by atoms with Gasteiger partial charge in [0.05, 0.1) is 22.7 Å². The van der Waals surface area contributed by atoms with Crippen LogP contribution in [0, 0.1) is 6.92 Å². The van der Waals surface area contributed by atoms with Gasteiger partial charge in [-0.25, -0.2) is 8.42 Å². The van der Waals surface area contributed by atoms with Crippen LogP contribution in [0.4, 0.5) is 5.69 Å². The summed E-state index contributed by atoms with van der Waals surface area (Å²) in [5.74, 6) is -0.233. The standard InChI is InChI=1S/C31H37Cl2N3O5S/c1-5-7-18-34-31(38)28(6-2)35(20-23-10-13-25(41-4)14-11-23)30(37)21-36(29-19-24(32)12-17-27(29)33)42(39,40)26-15-8-22(3)9-16-26/h8-17,19,28H,5-7,18,20-21H2,1-4H3,(H,34,38)/t28-/m1/s1. The first-order valence-electron chi connectivity index (χ1n) is 13.8. The van der Waals surface area contributed by atoms with Crippen LogP contribution in [0.15, 0.2) is 71.6 Å². The van der Waals surface area contributed by atoms with E-state index >= 15 is 0 Å². The third-order valence-corrected chi connectivity index (χ3v) is 9.12. The maximum absolute atomic E-state index is 14.2. The van der Waals surface area contributed by atoms with Crippen LogP contribution in [-0.4, -0.2) is 51.4 Å². The average Bonchev–Trinajstić information content (AvgIpc) is 2.97. The molecule has 0 heterocycles. The Morgan fingerprint density at radius 2 is 1.64 bits per heavy atom. The summed E-state index contributed by atoms with van der Waals surface area (Å²) in [7, 11) is -2.71. The Bertz CT molecular complexity index is 1460. The average molecular weight is 635 g/mol. The van der Waals surface area contributed by atoms with Crippen LogP contribution in [0.5, 0.6) is 5.75 Å². The van der Waals surface area contributed by atoms with E-state index in [1.54, 1.807) is 43.5 Å². The fourth-order valence-corrected chi connectivity index (χ4v) is 6.24. The highest BCUT2D eigenvalue weighted by atomic mass is 35.5. The second-order valence-corrected chi connectivity index (χ2v) is 12.6. The summed E-state index contributed by atoms with van der Waals surface area (Å²) in [6, 6.07) is 17.0. The van der Waals surface area contributed by atoms with Crippen LogP contribution in [-0.2, 0) is 26.2 Å². The van der Waals surface area contributed by atoms with Crippen molar-refractivity contribution in [3.8, 4) is 5.75 Å². The van der Waals surface area contributed by atoms with Crippen LogP contribution in [0.1, 0.15) is 44.2 Å². The van der Waals surface area contributed by atoms with E-state index in [1.807, 2.05) is 20.8 Å². The quantitative estimate of drug-likeness (QED) is 0.212. The molecule has 3 rings (SSSR count). The molecule has 0 saturated carbocycles. The van der Waals surface area contributed by atoms with E-state index in [9.17, 15) is 18.0 Å². The minimum absolute atomic E-state index is 0.0111. The molecule has 226 valence electrons. The number of carbonyl (C=O) groups is 2. The first kappa shape index (κ1) is 33.2. The van der Waals surface area contributed by atoms with E-state index in [2.05, 4.69) is 5.32 Å². The van der Waals surface area contributed by atoms with Gasteiger partial charge in [0, 0.05) is 18.1 Å². The molecular weight excluding hydrogens is 597 g/mol. The molecule has 11 heteroatoms. The van der Waals surface area contributed by atoms with E-state index in [0.717, 1.165) is 28.3 Å². The third-order valence-electron chi connectivity index (χ3n) is 6.79. The van der Waals surface area contributed by atoms with Crippen LogP contribution >= 0.6 is 23.2 Å². The molecule has 8 nitrogen and oxygen atoms in total. The number of aryl methyl sites for hydroxylation is 1. The van der Waals surface area contributed by atoms with E-state index in [0.29, 0.717) is 18.7 Å². The number of hydrogen-bond donors (Lipinski definition) is 1. The Morgan fingerprint density at radius 3 is 2.24 bits per heavy atom. The lowest BCUT2D eigenvalue weighted by Crippen LogP contribution is -2.52. The lowest BCUT2D eigenvalue weighted by atomic mass is 10.1. The summed E-state index contributed by atoms with van der Waals surface area (Å²) in [6.07, 6.45) is 2.02. The van der Waals surface area contributed by atoms with Crippen molar-refractivity contribution in [2.24, 2.45) is 0 Å². The Morgan fingerprint density at radius 1 is 0.976 bits per heavy atom. The second kappa shape index (κ2) is 15.3. The van der Waals surface area contributed by atoms with Crippen molar-refractivity contribution in [1.82, 2.24) is 10.2 Å². The molecular formula is C31H37Cl2N3O5S. The lowest BCUT2D eigenvalue weighted by Gasteiger charge is -2.33. The summed E-state index contributed by atoms with van der Waals surface area (Å²) in [6.45, 7) is 5.62. The second-order valence-electron chi connectivity index (χ2n) is 9.86. The van der Waals surface area contributed by atoms with Gasteiger partial charge < -0.3 is 15.0 Å². The van der Waals surface area contributed by atoms with E-state index in [1.165, 1.54) is 35.2 Å². The lowest BCUT2D eigenvalue weighted by molar-refractivity contribution is -0.140. The number of rotatable bonds is 14. The first-order valence-corrected chi connectivity index (χ1v) is 16.0. The highest BCUT2D eigenvalue weighted by Gasteiger charge is 2.34. The topological polar surface area (TPSA) is 96.0 Å². The van der Waals surface area contributed by atoms with Gasteiger partial charge in [-0.05, 0) is 67.8 Å². The number of nitrogens with zero attached hydrogens (tertiary/aromatic N) is 2. The number of methoxy groups -OCH3 is 1. The molecule has 0 unspecified atom stereocenters. The number of nitrogens with one attached hydrogen (secondary N) is 1. The largest absolute Gasteiger partial charge is 0.497 e. The van der Waals surface area contributed by atoms with Crippen molar-refractivity contribution < 1.29 is 22.7 Å². The normalized spacial score (nSPS) is 12.0. The maximum atomic E-state index is 14.2. The van der Waals surface area contributed by atoms with Crippen molar-refractivity contribution in [2.45, 2.75) is 57.5 Å². The van der Waals surface area contributed by atoms with Crippen LogP contribution in [0.2, 0.25) is 10.0 Å². The van der Waals surface area contributed by atoms with E-state index < -0.39 is 28.5 Å². The molecule has 1 N–H and O–H groups in total. The van der Waals surface area contributed by atoms with Crippen molar-refractivity contribution >= 4 is 50.7 Å². The van der Waals surface area contributed by atoms with Gasteiger partial charge in [0.15, 0.2) is 0 Å². The molecule has 0 aliphatic heterocycles. The van der Waals surface area contributed by atoms with Gasteiger partial charge >= 0.3 is 0 Å². The molecule has 0 fully saturated rings. The van der Waals surface area contributed by atoms with Gasteiger partial charge in [0.2, 0.25) is 11.8 Å². The predicted octanol–water partition coefficient (Wildman–Crippen LogP) is 6.23. The molecule has 0 aromatic heterocycles. The molecule has 0 radical (unpaired) electrons. The number of hydrogen-bond acceptors (Lipinski definition) is 5. The fraction of sp³-hybridized carbons (Fsp3) is 0.355. The molecule has 0 saturated heterocycles. The Kier molecular flexibility index (Phi) is 12.1. The summed E-state index contributed by atoms with van der Waals surface area (Å²) in [4.78, 5) is 28.9. The summed E-state index contributed by atoms with van der Waals surface area (Å²) >= 11 is 12.7. The van der Waals surface area contributed by atoms with Gasteiger partial charge in [-0.2, -0.15) is 0 Å². The Balaban J connectivity index is 2.07. The minimum atomic E-state index is -4.27. The van der Waals surface area contributed by atoms with Crippen LogP contribution < -0.4 is 14.4 Å². The van der Waals surface area contributed by atoms with Crippen molar-refractivity contribution in [2.75, 3.05) is 24.5 Å². The van der Waals surface area contributed by atoms with Crippen molar-refractivity contribution in [3.05, 3.63) is 87.9 Å². The maximum Gasteiger partial charge on any atom is 0.264 e. The summed E-state index contributed by atoms with van der Waals surface area (Å²) < 4.78 is 34.2.